The van der Waals surface area contributed by atoms with Gasteiger partial charge in [0.2, 0.25) is 0 Å². The Labute approximate surface area is 190 Å². The number of hydrogen-bond donors (Lipinski definition) is 2. The van der Waals surface area contributed by atoms with Gasteiger partial charge in [0.1, 0.15) is 0 Å². The number of anilines is 2. The van der Waals surface area contributed by atoms with E-state index in [2.05, 4.69) is 51.6 Å². The molecule has 4 rings (SSSR count). The SMILES string of the molecule is Cc1cccc(N2CCN(CCCCNC(=O)c3cccc(N4CCNC4=O)c3)CC2)c1. The number of piperazine rings is 1. The van der Waals surface area contributed by atoms with E-state index in [4.69, 9.17) is 0 Å². The minimum atomic E-state index is -0.109. The van der Waals surface area contributed by atoms with Gasteiger partial charge in [-0.25, -0.2) is 4.79 Å². The number of nitrogens with one attached hydrogen (secondary N) is 2. The fraction of sp³-hybridized carbons (Fsp3) is 0.440. The predicted octanol–water partition coefficient (Wildman–Crippen LogP) is 2.86. The van der Waals surface area contributed by atoms with Crippen LogP contribution in [0.3, 0.4) is 0 Å². The quantitative estimate of drug-likeness (QED) is 0.626. The number of urea groups is 1. The van der Waals surface area contributed by atoms with Crippen LogP contribution >= 0.6 is 0 Å². The van der Waals surface area contributed by atoms with E-state index in [1.165, 1.54) is 11.3 Å². The van der Waals surface area contributed by atoms with Crippen molar-refractivity contribution in [3.63, 3.8) is 0 Å². The van der Waals surface area contributed by atoms with Gasteiger partial charge in [-0.1, -0.05) is 18.2 Å². The highest BCUT2D eigenvalue weighted by molar-refractivity contribution is 5.98. The molecule has 2 heterocycles. The van der Waals surface area contributed by atoms with Crippen LogP contribution in [0.2, 0.25) is 0 Å². The van der Waals surface area contributed by atoms with Crippen molar-refractivity contribution in [2.45, 2.75) is 19.8 Å². The van der Waals surface area contributed by atoms with Crippen molar-refractivity contribution in [3.8, 4) is 0 Å². The van der Waals surface area contributed by atoms with Gasteiger partial charge >= 0.3 is 6.03 Å². The molecule has 2 aromatic carbocycles. The van der Waals surface area contributed by atoms with E-state index in [0.29, 0.717) is 25.2 Å². The molecule has 3 amide bonds. The van der Waals surface area contributed by atoms with Crippen LogP contribution in [0.25, 0.3) is 0 Å². The Kier molecular flexibility index (Phi) is 7.27. The lowest BCUT2D eigenvalue weighted by Crippen LogP contribution is -2.46. The topological polar surface area (TPSA) is 67.9 Å². The molecule has 7 heteroatoms. The first-order chi connectivity index (χ1) is 15.6. The third-order valence-electron chi connectivity index (χ3n) is 6.20. The van der Waals surface area contributed by atoms with Crippen LogP contribution in [0.15, 0.2) is 48.5 Å². The molecule has 170 valence electrons. The van der Waals surface area contributed by atoms with Crippen molar-refractivity contribution >= 4 is 23.3 Å². The van der Waals surface area contributed by atoms with E-state index in [9.17, 15) is 9.59 Å². The largest absolute Gasteiger partial charge is 0.369 e. The maximum absolute atomic E-state index is 12.5. The van der Waals surface area contributed by atoms with Crippen molar-refractivity contribution in [2.75, 3.05) is 62.2 Å². The second kappa shape index (κ2) is 10.5. The van der Waals surface area contributed by atoms with Crippen LogP contribution in [-0.4, -0.2) is 69.2 Å². The van der Waals surface area contributed by atoms with Crippen molar-refractivity contribution < 1.29 is 9.59 Å². The Hall–Kier alpha value is -3.06. The van der Waals surface area contributed by atoms with Crippen molar-refractivity contribution in [2.24, 2.45) is 0 Å². The lowest BCUT2D eigenvalue weighted by molar-refractivity contribution is 0.0952. The minimum Gasteiger partial charge on any atom is -0.369 e. The molecule has 2 N–H and O–H groups in total. The van der Waals surface area contributed by atoms with Crippen molar-refractivity contribution in [1.82, 2.24) is 15.5 Å². The number of unbranched alkanes of at least 4 members (excludes halogenated alkanes) is 1. The molecule has 2 saturated heterocycles. The summed E-state index contributed by atoms with van der Waals surface area (Å²) in [5.74, 6) is -0.0850. The number of aryl methyl sites for hydroxylation is 1. The first-order valence-electron chi connectivity index (χ1n) is 11.6. The van der Waals surface area contributed by atoms with Gasteiger partial charge in [-0.2, -0.15) is 0 Å². The van der Waals surface area contributed by atoms with Crippen molar-refractivity contribution in [3.05, 3.63) is 59.7 Å². The Bertz CT molecular complexity index is 939. The van der Waals surface area contributed by atoms with Gasteiger partial charge in [-0.3, -0.25) is 14.6 Å². The standard InChI is InChI=1S/C25H33N5O2/c1-20-6-4-8-22(18-20)29-16-14-28(15-17-29)12-3-2-10-26-24(31)21-7-5-9-23(19-21)30-13-11-27-25(30)32/h4-9,18-19H,2-3,10-17H2,1H3,(H,26,31)(H,27,32). The highest BCUT2D eigenvalue weighted by Gasteiger charge is 2.22. The Balaban J connectivity index is 1.14. The molecule has 0 radical (unpaired) electrons. The zero-order chi connectivity index (χ0) is 22.3. The zero-order valence-electron chi connectivity index (χ0n) is 18.8. The molecule has 0 spiro atoms. The Morgan fingerprint density at radius 1 is 0.969 bits per heavy atom. The van der Waals surface area contributed by atoms with Gasteiger partial charge in [-0.15, -0.1) is 0 Å². The van der Waals surface area contributed by atoms with E-state index in [1.54, 1.807) is 17.0 Å². The number of carbonyl (C=O) groups excluding carboxylic acids is 2. The van der Waals surface area contributed by atoms with Crippen LogP contribution in [-0.2, 0) is 0 Å². The van der Waals surface area contributed by atoms with Crippen molar-refractivity contribution in [1.29, 1.82) is 0 Å². The van der Waals surface area contributed by atoms with E-state index in [-0.39, 0.29) is 11.9 Å². The summed E-state index contributed by atoms with van der Waals surface area (Å²) in [6.45, 7) is 9.42. The average molecular weight is 436 g/mol. The number of hydrogen-bond acceptors (Lipinski definition) is 4. The maximum Gasteiger partial charge on any atom is 0.321 e. The summed E-state index contributed by atoms with van der Waals surface area (Å²) in [5.41, 5.74) is 3.98. The average Bonchev–Trinajstić information content (AvgIpc) is 3.25. The molecule has 0 aromatic heterocycles. The summed E-state index contributed by atoms with van der Waals surface area (Å²) in [7, 11) is 0. The number of amides is 3. The fourth-order valence-corrected chi connectivity index (χ4v) is 4.35. The molecule has 0 saturated carbocycles. The third kappa shape index (κ3) is 5.59. The smallest absolute Gasteiger partial charge is 0.321 e. The van der Waals surface area contributed by atoms with Crippen LogP contribution in [0.1, 0.15) is 28.8 Å². The number of nitrogens with zero attached hydrogens (tertiary/aromatic N) is 3. The first-order valence-corrected chi connectivity index (χ1v) is 11.6. The van der Waals surface area contributed by atoms with Crippen LogP contribution < -0.4 is 20.4 Å². The highest BCUT2D eigenvalue weighted by Crippen LogP contribution is 2.19. The van der Waals surface area contributed by atoms with E-state index >= 15 is 0 Å². The molecule has 2 fully saturated rings. The van der Waals surface area contributed by atoms with E-state index < -0.39 is 0 Å². The number of rotatable bonds is 8. The van der Waals surface area contributed by atoms with Gasteiger partial charge in [0.15, 0.2) is 0 Å². The van der Waals surface area contributed by atoms with Gasteiger partial charge in [0, 0.05) is 62.8 Å². The molecular weight excluding hydrogens is 402 g/mol. The highest BCUT2D eigenvalue weighted by atomic mass is 16.2. The lowest BCUT2D eigenvalue weighted by Gasteiger charge is -2.36. The second-order valence-corrected chi connectivity index (χ2v) is 8.56. The summed E-state index contributed by atoms with van der Waals surface area (Å²) >= 11 is 0. The van der Waals surface area contributed by atoms with Gasteiger partial charge in [-0.05, 0) is 62.2 Å². The Morgan fingerprint density at radius 2 is 1.75 bits per heavy atom. The number of carbonyl (C=O) groups is 2. The second-order valence-electron chi connectivity index (χ2n) is 8.56. The van der Waals surface area contributed by atoms with Crippen LogP contribution in [0.4, 0.5) is 16.2 Å². The molecular formula is C25H33N5O2. The summed E-state index contributed by atoms with van der Waals surface area (Å²) in [6, 6.07) is 15.9. The molecule has 2 aromatic rings. The third-order valence-corrected chi connectivity index (χ3v) is 6.20. The first kappa shape index (κ1) is 22.1. The molecule has 7 nitrogen and oxygen atoms in total. The minimum absolute atomic E-state index is 0.0850. The normalized spacial score (nSPS) is 16.8. The van der Waals surface area contributed by atoms with E-state index in [0.717, 1.165) is 51.3 Å². The monoisotopic (exact) mass is 435 g/mol. The summed E-state index contributed by atoms with van der Waals surface area (Å²) < 4.78 is 0. The summed E-state index contributed by atoms with van der Waals surface area (Å²) in [5, 5.41) is 5.80. The maximum atomic E-state index is 12.5. The summed E-state index contributed by atoms with van der Waals surface area (Å²) in [4.78, 5) is 31.0. The molecule has 32 heavy (non-hydrogen) atoms. The molecule has 0 unspecified atom stereocenters. The molecule has 0 bridgehead atoms. The molecule has 2 aliphatic rings. The molecule has 0 aliphatic carbocycles. The van der Waals surface area contributed by atoms with Gasteiger partial charge in [0.25, 0.3) is 5.91 Å². The summed E-state index contributed by atoms with van der Waals surface area (Å²) in [6.07, 6.45) is 2.02. The van der Waals surface area contributed by atoms with Crippen LogP contribution in [0.5, 0.6) is 0 Å². The molecule has 0 atom stereocenters. The Morgan fingerprint density at radius 3 is 2.50 bits per heavy atom. The molecule has 2 aliphatic heterocycles. The number of benzene rings is 2. The van der Waals surface area contributed by atoms with Gasteiger partial charge < -0.3 is 15.5 Å². The van der Waals surface area contributed by atoms with Crippen LogP contribution in [0, 0.1) is 6.92 Å². The zero-order valence-corrected chi connectivity index (χ0v) is 18.8. The fourth-order valence-electron chi connectivity index (χ4n) is 4.35. The van der Waals surface area contributed by atoms with E-state index in [1.807, 2.05) is 12.1 Å². The lowest BCUT2D eigenvalue weighted by atomic mass is 10.1. The predicted molar refractivity (Wildman–Crippen MR) is 129 cm³/mol. The van der Waals surface area contributed by atoms with Gasteiger partial charge in [0.05, 0.1) is 0 Å².